The number of benzene rings is 1. The Morgan fingerprint density at radius 1 is 1.29 bits per heavy atom. The second-order valence-electron chi connectivity index (χ2n) is 4.68. The number of hydrogen-bond donors (Lipinski definition) is 1. The highest BCUT2D eigenvalue weighted by Gasteiger charge is 2.22. The quantitative estimate of drug-likeness (QED) is 0.796. The fraction of sp³-hybridized carbons (Fsp3) is 0.500. The van der Waals surface area contributed by atoms with Crippen molar-refractivity contribution in [2.24, 2.45) is 0 Å². The van der Waals surface area contributed by atoms with Gasteiger partial charge in [-0.15, -0.1) is 0 Å². The fourth-order valence-electron chi connectivity index (χ4n) is 2.45. The van der Waals surface area contributed by atoms with Crippen LogP contribution in [0.25, 0.3) is 0 Å². The van der Waals surface area contributed by atoms with E-state index in [9.17, 15) is 4.79 Å². The number of carbonyl (C=O) groups is 1. The summed E-state index contributed by atoms with van der Waals surface area (Å²) < 4.78 is 0. The lowest BCUT2D eigenvalue weighted by Gasteiger charge is -2.32. The van der Waals surface area contributed by atoms with Gasteiger partial charge in [0.15, 0.2) is 0 Å². The first-order valence-corrected chi connectivity index (χ1v) is 6.34. The Kier molecular flexibility index (Phi) is 3.67. The lowest BCUT2D eigenvalue weighted by atomic mass is 9.89. The highest BCUT2D eigenvalue weighted by atomic mass is 16.2. The average Bonchev–Trinajstić information content (AvgIpc) is 2.39. The van der Waals surface area contributed by atoms with Crippen molar-refractivity contribution in [3.63, 3.8) is 0 Å². The summed E-state index contributed by atoms with van der Waals surface area (Å²) >= 11 is 0. The molecule has 0 unspecified atom stereocenters. The van der Waals surface area contributed by atoms with Crippen molar-refractivity contribution in [1.82, 2.24) is 4.90 Å². The molecule has 0 atom stereocenters. The van der Waals surface area contributed by atoms with E-state index in [1.165, 1.54) is 5.56 Å². The van der Waals surface area contributed by atoms with Crippen LogP contribution in [0.5, 0.6) is 0 Å². The molecule has 0 aliphatic carbocycles. The van der Waals surface area contributed by atoms with E-state index in [0.29, 0.717) is 12.3 Å². The first-order valence-electron chi connectivity index (χ1n) is 6.34. The Labute approximate surface area is 103 Å². The van der Waals surface area contributed by atoms with Gasteiger partial charge in [0.05, 0.1) is 0 Å². The molecule has 0 spiro atoms. The molecule has 3 nitrogen and oxygen atoms in total. The molecule has 2 rings (SSSR count). The zero-order valence-corrected chi connectivity index (χ0v) is 10.4. The van der Waals surface area contributed by atoms with E-state index < -0.39 is 0 Å². The van der Waals surface area contributed by atoms with Crippen molar-refractivity contribution in [1.29, 1.82) is 0 Å². The highest BCUT2D eigenvalue weighted by molar-refractivity contribution is 5.75. The van der Waals surface area contributed by atoms with Gasteiger partial charge >= 0.3 is 0 Å². The van der Waals surface area contributed by atoms with E-state index in [-0.39, 0.29) is 5.91 Å². The largest absolute Gasteiger partial charge is 0.399 e. The van der Waals surface area contributed by atoms with Crippen molar-refractivity contribution >= 4 is 11.6 Å². The van der Waals surface area contributed by atoms with Gasteiger partial charge in [-0.3, -0.25) is 4.79 Å². The van der Waals surface area contributed by atoms with Crippen LogP contribution in [-0.2, 0) is 4.79 Å². The molecule has 1 aromatic rings. The van der Waals surface area contributed by atoms with Gasteiger partial charge in [0.2, 0.25) is 5.91 Å². The Morgan fingerprint density at radius 3 is 2.41 bits per heavy atom. The van der Waals surface area contributed by atoms with Gasteiger partial charge in [0.25, 0.3) is 0 Å². The number of anilines is 1. The van der Waals surface area contributed by atoms with Crippen molar-refractivity contribution in [3.05, 3.63) is 29.8 Å². The van der Waals surface area contributed by atoms with E-state index in [4.69, 9.17) is 5.73 Å². The summed E-state index contributed by atoms with van der Waals surface area (Å²) in [5.41, 5.74) is 7.85. The van der Waals surface area contributed by atoms with E-state index in [1.807, 2.05) is 24.0 Å². The maximum atomic E-state index is 11.6. The lowest BCUT2D eigenvalue weighted by Crippen LogP contribution is -2.37. The number of likely N-dealkylation sites (tertiary alicyclic amines) is 1. The molecule has 1 amide bonds. The van der Waals surface area contributed by atoms with E-state index in [2.05, 4.69) is 12.1 Å². The van der Waals surface area contributed by atoms with Crippen molar-refractivity contribution in [2.45, 2.75) is 32.1 Å². The number of carbonyl (C=O) groups excluding carboxylic acids is 1. The molecule has 3 heteroatoms. The Bertz CT molecular complexity index is 378. The average molecular weight is 232 g/mol. The molecule has 92 valence electrons. The Balaban J connectivity index is 1.95. The molecular formula is C14H20N2O. The van der Waals surface area contributed by atoms with Crippen molar-refractivity contribution < 1.29 is 4.79 Å². The van der Waals surface area contributed by atoms with Crippen LogP contribution >= 0.6 is 0 Å². The van der Waals surface area contributed by atoms with E-state index in [0.717, 1.165) is 31.6 Å². The Morgan fingerprint density at radius 2 is 1.88 bits per heavy atom. The fourth-order valence-corrected chi connectivity index (χ4v) is 2.45. The third-order valence-corrected chi connectivity index (χ3v) is 3.56. The maximum Gasteiger partial charge on any atom is 0.222 e. The minimum Gasteiger partial charge on any atom is -0.399 e. The number of nitrogens with zero attached hydrogens (tertiary/aromatic N) is 1. The molecular weight excluding hydrogens is 212 g/mol. The summed E-state index contributed by atoms with van der Waals surface area (Å²) in [6.45, 7) is 3.71. The minimum absolute atomic E-state index is 0.278. The molecule has 1 aromatic carbocycles. The van der Waals surface area contributed by atoms with Gasteiger partial charge in [-0.1, -0.05) is 19.1 Å². The van der Waals surface area contributed by atoms with Gasteiger partial charge in [0.1, 0.15) is 0 Å². The number of piperidine rings is 1. The first-order chi connectivity index (χ1) is 8.20. The molecule has 17 heavy (non-hydrogen) atoms. The normalized spacial score (nSPS) is 17.1. The van der Waals surface area contributed by atoms with E-state index in [1.54, 1.807) is 0 Å². The topological polar surface area (TPSA) is 46.3 Å². The highest BCUT2D eigenvalue weighted by Crippen LogP contribution is 2.28. The first kappa shape index (κ1) is 12.0. The second-order valence-corrected chi connectivity index (χ2v) is 4.68. The zero-order chi connectivity index (χ0) is 12.3. The number of rotatable bonds is 2. The smallest absolute Gasteiger partial charge is 0.222 e. The van der Waals surface area contributed by atoms with Crippen LogP contribution in [0.4, 0.5) is 5.69 Å². The Hall–Kier alpha value is -1.51. The third-order valence-electron chi connectivity index (χ3n) is 3.56. The number of nitrogen functional groups attached to an aromatic ring is 1. The zero-order valence-electron chi connectivity index (χ0n) is 10.4. The van der Waals surface area contributed by atoms with Crippen LogP contribution in [0.15, 0.2) is 24.3 Å². The SMILES string of the molecule is CCC(=O)N1CCC(c2ccc(N)cc2)CC1. The van der Waals surface area contributed by atoms with Crippen LogP contribution in [-0.4, -0.2) is 23.9 Å². The molecule has 1 heterocycles. The molecule has 1 aliphatic rings. The minimum atomic E-state index is 0.278. The summed E-state index contributed by atoms with van der Waals surface area (Å²) in [5, 5.41) is 0. The molecule has 2 N–H and O–H groups in total. The molecule has 0 saturated carbocycles. The summed E-state index contributed by atoms with van der Waals surface area (Å²) in [6.07, 6.45) is 2.75. The van der Waals surface area contributed by atoms with Gasteiger partial charge in [-0.25, -0.2) is 0 Å². The number of amides is 1. The number of nitrogens with two attached hydrogens (primary N) is 1. The molecule has 1 saturated heterocycles. The van der Waals surface area contributed by atoms with Crippen LogP contribution < -0.4 is 5.73 Å². The van der Waals surface area contributed by atoms with Gasteiger partial charge in [-0.2, -0.15) is 0 Å². The standard InChI is InChI=1S/C14H20N2O/c1-2-14(17)16-9-7-12(8-10-16)11-3-5-13(15)6-4-11/h3-6,12H,2,7-10,15H2,1H3. The van der Waals surface area contributed by atoms with Gasteiger partial charge in [0, 0.05) is 25.2 Å². The van der Waals surface area contributed by atoms with Crippen molar-refractivity contribution in [3.8, 4) is 0 Å². The molecule has 1 aliphatic heterocycles. The van der Waals surface area contributed by atoms with E-state index >= 15 is 0 Å². The number of hydrogen-bond acceptors (Lipinski definition) is 2. The summed E-state index contributed by atoms with van der Waals surface area (Å²) in [7, 11) is 0. The van der Waals surface area contributed by atoms with Crippen LogP contribution in [0.2, 0.25) is 0 Å². The maximum absolute atomic E-state index is 11.6. The monoisotopic (exact) mass is 232 g/mol. The van der Waals surface area contributed by atoms with Crippen molar-refractivity contribution in [2.75, 3.05) is 18.8 Å². The van der Waals surface area contributed by atoms with Gasteiger partial charge in [-0.05, 0) is 36.5 Å². The van der Waals surface area contributed by atoms with Gasteiger partial charge < -0.3 is 10.6 Å². The van der Waals surface area contributed by atoms with Crippen LogP contribution in [0.3, 0.4) is 0 Å². The molecule has 0 aromatic heterocycles. The predicted octanol–water partition coefficient (Wildman–Crippen LogP) is 2.38. The summed E-state index contributed by atoms with van der Waals surface area (Å²) in [5.74, 6) is 0.859. The molecule has 0 bridgehead atoms. The molecule has 0 radical (unpaired) electrons. The molecule has 1 fully saturated rings. The lowest BCUT2D eigenvalue weighted by molar-refractivity contribution is -0.131. The summed E-state index contributed by atoms with van der Waals surface area (Å²) in [6, 6.07) is 8.13. The summed E-state index contributed by atoms with van der Waals surface area (Å²) in [4.78, 5) is 13.5. The predicted molar refractivity (Wildman–Crippen MR) is 69.7 cm³/mol. The third kappa shape index (κ3) is 2.78. The van der Waals surface area contributed by atoms with Crippen LogP contribution in [0, 0.1) is 0 Å². The van der Waals surface area contributed by atoms with Crippen LogP contribution in [0.1, 0.15) is 37.7 Å². The second kappa shape index (κ2) is 5.21.